The lowest BCUT2D eigenvalue weighted by Gasteiger charge is -2.30. The molecular weight excluding hydrogens is 280 g/mol. The molecule has 122 valence electrons. The van der Waals surface area contributed by atoms with Crippen LogP contribution in [0.4, 0.5) is 5.69 Å². The van der Waals surface area contributed by atoms with Gasteiger partial charge in [0.25, 0.3) is 0 Å². The summed E-state index contributed by atoms with van der Waals surface area (Å²) >= 11 is 0. The maximum Gasteiger partial charge on any atom is 0.223 e. The van der Waals surface area contributed by atoms with E-state index in [9.17, 15) is 9.90 Å². The molecule has 0 aromatic heterocycles. The Bertz CT molecular complexity index is 519. The molecule has 0 fully saturated rings. The molecule has 0 spiro atoms. The quantitative estimate of drug-likeness (QED) is 0.832. The zero-order chi connectivity index (χ0) is 16.1. The van der Waals surface area contributed by atoms with Crippen molar-refractivity contribution in [1.29, 1.82) is 0 Å². The maximum atomic E-state index is 11.7. The number of amides is 1. The molecule has 2 N–H and O–H groups in total. The van der Waals surface area contributed by atoms with Gasteiger partial charge in [0, 0.05) is 32.2 Å². The lowest BCUT2D eigenvalue weighted by atomic mass is 9.97. The van der Waals surface area contributed by atoms with E-state index in [4.69, 9.17) is 5.11 Å². The zero-order valence-electron chi connectivity index (χ0n) is 13.5. The Morgan fingerprint density at radius 1 is 1.45 bits per heavy atom. The van der Waals surface area contributed by atoms with Gasteiger partial charge in [0.05, 0.1) is 12.7 Å². The van der Waals surface area contributed by atoms with Gasteiger partial charge in [-0.2, -0.15) is 0 Å². The molecule has 1 unspecified atom stereocenters. The number of benzene rings is 1. The summed E-state index contributed by atoms with van der Waals surface area (Å²) in [7, 11) is 0. The van der Waals surface area contributed by atoms with Crippen LogP contribution in [-0.4, -0.2) is 53.8 Å². The lowest BCUT2D eigenvalue weighted by Crippen LogP contribution is -2.34. The van der Waals surface area contributed by atoms with E-state index < -0.39 is 6.10 Å². The molecule has 1 aliphatic rings. The Labute approximate surface area is 132 Å². The summed E-state index contributed by atoms with van der Waals surface area (Å²) < 4.78 is 0. The molecule has 1 aromatic carbocycles. The number of carbonyl (C=O) groups is 1. The normalized spacial score (nSPS) is 15.8. The minimum atomic E-state index is -0.579. The number of hydrogen-bond donors (Lipinski definition) is 2. The van der Waals surface area contributed by atoms with E-state index in [-0.39, 0.29) is 12.5 Å². The van der Waals surface area contributed by atoms with Crippen LogP contribution in [0.2, 0.25) is 0 Å². The van der Waals surface area contributed by atoms with Gasteiger partial charge < -0.3 is 15.1 Å². The third kappa shape index (κ3) is 3.85. The Morgan fingerprint density at radius 2 is 2.23 bits per heavy atom. The summed E-state index contributed by atoms with van der Waals surface area (Å²) in [5.74, 6) is 0.0642. The van der Waals surface area contributed by atoms with Crippen LogP contribution in [0.5, 0.6) is 0 Å². The number of hydrogen-bond acceptors (Lipinski definition) is 4. The first kappa shape index (κ1) is 16.9. The van der Waals surface area contributed by atoms with Crippen LogP contribution >= 0.6 is 0 Å². The first-order valence-electron chi connectivity index (χ1n) is 7.99. The van der Waals surface area contributed by atoms with Crippen LogP contribution in [0, 0.1) is 0 Å². The van der Waals surface area contributed by atoms with Gasteiger partial charge in [-0.05, 0) is 36.6 Å². The molecule has 1 aliphatic heterocycles. The van der Waals surface area contributed by atoms with Crippen LogP contribution in [0.3, 0.4) is 0 Å². The number of aryl methyl sites for hydroxylation is 1. The van der Waals surface area contributed by atoms with E-state index >= 15 is 0 Å². The number of aliphatic hydroxyl groups is 2. The predicted molar refractivity (Wildman–Crippen MR) is 86.9 cm³/mol. The highest BCUT2D eigenvalue weighted by atomic mass is 16.3. The number of anilines is 1. The number of carbonyl (C=O) groups excluding carboxylic acids is 1. The summed E-state index contributed by atoms with van der Waals surface area (Å²) in [5.41, 5.74) is 2.97. The molecule has 1 aromatic rings. The molecule has 0 saturated carbocycles. The largest absolute Gasteiger partial charge is 0.395 e. The third-order valence-electron chi connectivity index (χ3n) is 4.28. The van der Waals surface area contributed by atoms with Crippen molar-refractivity contribution in [2.24, 2.45) is 0 Å². The minimum absolute atomic E-state index is 0.0642. The van der Waals surface area contributed by atoms with E-state index in [0.29, 0.717) is 13.1 Å². The molecule has 5 heteroatoms. The maximum absolute atomic E-state index is 11.7. The van der Waals surface area contributed by atoms with Gasteiger partial charge in [0.1, 0.15) is 0 Å². The van der Waals surface area contributed by atoms with Crippen LogP contribution in [0.1, 0.15) is 37.5 Å². The van der Waals surface area contributed by atoms with E-state index in [1.165, 1.54) is 0 Å². The van der Waals surface area contributed by atoms with Gasteiger partial charge in [-0.3, -0.25) is 9.69 Å². The van der Waals surface area contributed by atoms with Crippen molar-refractivity contribution in [3.8, 4) is 0 Å². The van der Waals surface area contributed by atoms with Crippen LogP contribution in [-0.2, 0) is 11.2 Å². The number of rotatable bonds is 6. The van der Waals surface area contributed by atoms with Crippen molar-refractivity contribution in [3.63, 3.8) is 0 Å². The van der Waals surface area contributed by atoms with Crippen LogP contribution in [0.15, 0.2) is 18.2 Å². The SMILES string of the molecule is CCN(CCO)CC(O)c1ccc2c(c1)CCCN2C(C)=O. The molecule has 22 heavy (non-hydrogen) atoms. The monoisotopic (exact) mass is 306 g/mol. The Morgan fingerprint density at radius 3 is 2.86 bits per heavy atom. The van der Waals surface area contributed by atoms with Gasteiger partial charge in [-0.15, -0.1) is 0 Å². The summed E-state index contributed by atoms with van der Waals surface area (Å²) in [6, 6.07) is 5.86. The van der Waals surface area contributed by atoms with Crippen molar-refractivity contribution in [2.75, 3.05) is 37.7 Å². The van der Waals surface area contributed by atoms with E-state index in [1.54, 1.807) is 11.8 Å². The first-order chi connectivity index (χ1) is 10.6. The van der Waals surface area contributed by atoms with Crippen molar-refractivity contribution >= 4 is 11.6 Å². The Balaban J connectivity index is 2.15. The van der Waals surface area contributed by atoms with Gasteiger partial charge >= 0.3 is 0 Å². The Kier molecular flexibility index (Phi) is 5.94. The van der Waals surface area contributed by atoms with Crippen molar-refractivity contribution in [1.82, 2.24) is 4.90 Å². The zero-order valence-corrected chi connectivity index (χ0v) is 13.5. The predicted octanol–water partition coefficient (Wildman–Crippen LogP) is 1.33. The molecule has 1 atom stereocenters. The van der Waals surface area contributed by atoms with Crippen LogP contribution in [0.25, 0.3) is 0 Å². The first-order valence-corrected chi connectivity index (χ1v) is 7.99. The molecule has 0 aliphatic carbocycles. The average Bonchev–Trinajstić information content (AvgIpc) is 2.52. The second kappa shape index (κ2) is 7.72. The summed E-state index contributed by atoms with van der Waals surface area (Å²) in [6.45, 7) is 6.33. The molecular formula is C17H26N2O3. The molecule has 0 radical (unpaired) electrons. The van der Waals surface area contributed by atoms with Gasteiger partial charge in [0.15, 0.2) is 0 Å². The fourth-order valence-corrected chi connectivity index (χ4v) is 3.02. The van der Waals surface area contributed by atoms with Gasteiger partial charge in [0.2, 0.25) is 5.91 Å². The molecule has 0 saturated heterocycles. The van der Waals surface area contributed by atoms with Crippen LogP contribution < -0.4 is 4.90 Å². The number of likely N-dealkylation sites (N-methyl/N-ethyl adjacent to an activating group) is 1. The highest BCUT2D eigenvalue weighted by Gasteiger charge is 2.21. The minimum Gasteiger partial charge on any atom is -0.395 e. The number of fused-ring (bicyclic) bond motifs is 1. The third-order valence-corrected chi connectivity index (χ3v) is 4.28. The molecule has 0 bridgehead atoms. The molecule has 5 nitrogen and oxygen atoms in total. The summed E-state index contributed by atoms with van der Waals surface area (Å²) in [5, 5.41) is 19.5. The topological polar surface area (TPSA) is 64.0 Å². The average molecular weight is 306 g/mol. The van der Waals surface area contributed by atoms with E-state index in [0.717, 1.165) is 42.7 Å². The van der Waals surface area contributed by atoms with Gasteiger partial charge in [-0.25, -0.2) is 0 Å². The fourth-order valence-electron chi connectivity index (χ4n) is 3.02. The number of aliphatic hydroxyl groups excluding tert-OH is 2. The standard InChI is InChI=1S/C17H26N2O3/c1-3-18(9-10-20)12-17(22)15-6-7-16-14(11-15)5-4-8-19(16)13(2)21/h6-7,11,17,20,22H,3-5,8-10,12H2,1-2H3. The highest BCUT2D eigenvalue weighted by Crippen LogP contribution is 2.30. The van der Waals surface area contributed by atoms with Gasteiger partial charge in [-0.1, -0.05) is 19.1 Å². The molecule has 2 rings (SSSR count). The molecule has 1 amide bonds. The van der Waals surface area contributed by atoms with E-state index in [1.807, 2.05) is 30.0 Å². The summed E-state index contributed by atoms with van der Waals surface area (Å²) in [6.07, 6.45) is 1.32. The summed E-state index contributed by atoms with van der Waals surface area (Å²) in [4.78, 5) is 15.5. The second-order valence-corrected chi connectivity index (χ2v) is 5.79. The molecule has 1 heterocycles. The van der Waals surface area contributed by atoms with Crippen molar-refractivity contribution < 1.29 is 15.0 Å². The fraction of sp³-hybridized carbons (Fsp3) is 0.588. The van der Waals surface area contributed by atoms with Crippen molar-refractivity contribution in [2.45, 2.75) is 32.8 Å². The smallest absolute Gasteiger partial charge is 0.223 e. The second-order valence-electron chi connectivity index (χ2n) is 5.79. The van der Waals surface area contributed by atoms with Crippen molar-refractivity contribution in [3.05, 3.63) is 29.3 Å². The van der Waals surface area contributed by atoms with E-state index in [2.05, 4.69) is 0 Å². The lowest BCUT2D eigenvalue weighted by molar-refractivity contribution is -0.116. The number of nitrogens with zero attached hydrogens (tertiary/aromatic N) is 2. The Hall–Kier alpha value is -1.43. The highest BCUT2D eigenvalue weighted by molar-refractivity contribution is 5.92.